The zero-order chi connectivity index (χ0) is 17.0. The number of nitriles is 1. The lowest BCUT2D eigenvalue weighted by Gasteiger charge is -2.37. The number of nitrogens with zero attached hydrogens (tertiary/aromatic N) is 3. The number of halogens is 1. The van der Waals surface area contributed by atoms with Gasteiger partial charge in [0.1, 0.15) is 16.6 Å². The second kappa shape index (κ2) is 7.49. The largest absolute Gasteiger partial charge is 0.388 e. The molecular formula is C17H18ClN3O2S. The van der Waals surface area contributed by atoms with Crippen molar-refractivity contribution in [3.8, 4) is 6.07 Å². The number of hydrogen-bond donors (Lipinski definition) is 1. The molecule has 7 heteroatoms. The van der Waals surface area contributed by atoms with Gasteiger partial charge in [-0.3, -0.25) is 0 Å². The van der Waals surface area contributed by atoms with Crippen LogP contribution in [0.5, 0.6) is 0 Å². The van der Waals surface area contributed by atoms with Crippen molar-refractivity contribution in [2.45, 2.75) is 25.0 Å². The quantitative estimate of drug-likeness (QED) is 0.883. The normalized spacial score (nSPS) is 16.5. The molecule has 24 heavy (non-hydrogen) atoms. The van der Waals surface area contributed by atoms with Gasteiger partial charge in [-0.25, -0.2) is 0 Å². The molecule has 0 spiro atoms. The molecule has 1 saturated heterocycles. The van der Waals surface area contributed by atoms with Gasteiger partial charge < -0.3 is 14.7 Å². The molecule has 1 aromatic carbocycles. The maximum absolute atomic E-state index is 10.9. The van der Waals surface area contributed by atoms with Crippen molar-refractivity contribution >= 4 is 28.1 Å². The molecule has 0 aliphatic carbocycles. The molecule has 126 valence electrons. The lowest BCUT2D eigenvalue weighted by molar-refractivity contribution is -0.0578. The Hall–Kier alpha value is -1.65. The van der Waals surface area contributed by atoms with Crippen LogP contribution in [0.15, 0.2) is 30.3 Å². The summed E-state index contributed by atoms with van der Waals surface area (Å²) in [5.74, 6) is 0. The number of aromatic nitrogens is 1. The highest BCUT2D eigenvalue weighted by Gasteiger charge is 2.33. The molecule has 1 aromatic heterocycles. The fourth-order valence-electron chi connectivity index (χ4n) is 2.84. The van der Waals surface area contributed by atoms with E-state index < -0.39 is 5.60 Å². The summed E-state index contributed by atoms with van der Waals surface area (Å²) >= 11 is 7.23. The zero-order valence-electron chi connectivity index (χ0n) is 13.1. The van der Waals surface area contributed by atoms with Gasteiger partial charge >= 0.3 is 0 Å². The highest BCUT2D eigenvalue weighted by molar-refractivity contribution is 7.10. The first-order chi connectivity index (χ1) is 11.6. The maximum atomic E-state index is 10.9. The maximum Gasteiger partial charge on any atom is 0.162 e. The van der Waals surface area contributed by atoms with Gasteiger partial charge in [0.05, 0.1) is 5.60 Å². The molecule has 0 atom stereocenters. The second-order valence-electron chi connectivity index (χ2n) is 5.94. The second-order valence-corrected chi connectivity index (χ2v) is 7.05. The summed E-state index contributed by atoms with van der Waals surface area (Å²) in [7, 11) is 0. The van der Waals surface area contributed by atoms with Gasteiger partial charge in [-0.2, -0.15) is 9.64 Å². The number of aliphatic hydroxyl groups is 1. The van der Waals surface area contributed by atoms with E-state index in [9.17, 15) is 10.4 Å². The molecule has 1 N–H and O–H groups in total. The van der Waals surface area contributed by atoms with Crippen LogP contribution in [0.3, 0.4) is 0 Å². The fraction of sp³-hybridized carbons (Fsp3) is 0.412. The molecule has 0 bridgehead atoms. The molecular weight excluding hydrogens is 346 g/mol. The summed E-state index contributed by atoms with van der Waals surface area (Å²) < 4.78 is 9.46. The third-order valence-corrected chi connectivity index (χ3v) is 5.44. The predicted molar refractivity (Wildman–Crippen MR) is 94.3 cm³/mol. The van der Waals surface area contributed by atoms with Gasteiger partial charge in [0, 0.05) is 39.1 Å². The van der Waals surface area contributed by atoms with Crippen molar-refractivity contribution < 1.29 is 9.84 Å². The molecule has 0 amide bonds. The van der Waals surface area contributed by atoms with E-state index in [1.807, 2.05) is 35.2 Å². The third kappa shape index (κ3) is 3.87. The summed E-state index contributed by atoms with van der Waals surface area (Å²) in [6.07, 6.45) is 1.15. The van der Waals surface area contributed by atoms with E-state index >= 15 is 0 Å². The molecule has 2 aromatic rings. The van der Waals surface area contributed by atoms with Crippen molar-refractivity contribution in [1.29, 1.82) is 5.26 Å². The number of ether oxygens (including phenoxy) is 1. The van der Waals surface area contributed by atoms with Crippen LogP contribution in [0.25, 0.3) is 0 Å². The summed E-state index contributed by atoms with van der Waals surface area (Å²) in [5, 5.41) is 21.2. The lowest BCUT2D eigenvalue weighted by Crippen LogP contribution is -2.46. The smallest absolute Gasteiger partial charge is 0.162 e. The monoisotopic (exact) mass is 363 g/mol. The van der Waals surface area contributed by atoms with Gasteiger partial charge in [0.15, 0.2) is 5.15 Å². The predicted octanol–water partition coefficient (Wildman–Crippen LogP) is 3.22. The Morgan fingerprint density at radius 3 is 2.71 bits per heavy atom. The Labute approximate surface area is 150 Å². The van der Waals surface area contributed by atoms with E-state index in [0.29, 0.717) is 49.7 Å². The van der Waals surface area contributed by atoms with Crippen molar-refractivity contribution in [2.24, 2.45) is 0 Å². The Kier molecular flexibility index (Phi) is 5.36. The van der Waals surface area contributed by atoms with Crippen LogP contribution in [0.4, 0.5) is 5.00 Å². The summed E-state index contributed by atoms with van der Waals surface area (Å²) in [4.78, 5) is 2.00. The standard InChI is InChI=1S/C17H18ClN3O2S/c18-15-14(10-19)16(24-20-15)21(11-13-4-2-1-3-5-13)12-17(22)6-8-23-9-7-17/h1-5,22H,6-9,11-12H2. The number of benzene rings is 1. The molecule has 1 aliphatic rings. The highest BCUT2D eigenvalue weighted by atomic mass is 35.5. The summed E-state index contributed by atoms with van der Waals surface area (Å²) in [6, 6.07) is 12.1. The van der Waals surface area contributed by atoms with E-state index in [4.69, 9.17) is 16.3 Å². The van der Waals surface area contributed by atoms with Crippen molar-refractivity contribution in [2.75, 3.05) is 24.7 Å². The summed E-state index contributed by atoms with van der Waals surface area (Å²) in [5.41, 5.74) is 0.630. The minimum atomic E-state index is -0.837. The van der Waals surface area contributed by atoms with E-state index in [-0.39, 0.29) is 5.15 Å². The Balaban J connectivity index is 1.90. The van der Waals surface area contributed by atoms with E-state index in [2.05, 4.69) is 10.4 Å². The number of anilines is 1. The van der Waals surface area contributed by atoms with Crippen LogP contribution < -0.4 is 4.90 Å². The van der Waals surface area contributed by atoms with E-state index in [1.165, 1.54) is 11.5 Å². The van der Waals surface area contributed by atoms with Gasteiger partial charge in [-0.05, 0) is 17.1 Å². The molecule has 5 nitrogen and oxygen atoms in total. The molecule has 0 saturated carbocycles. The van der Waals surface area contributed by atoms with Crippen LogP contribution in [-0.4, -0.2) is 34.8 Å². The van der Waals surface area contributed by atoms with Crippen LogP contribution in [0.2, 0.25) is 5.15 Å². The minimum Gasteiger partial charge on any atom is -0.388 e. The van der Waals surface area contributed by atoms with Crippen molar-refractivity contribution in [3.05, 3.63) is 46.6 Å². The Bertz CT molecular complexity index is 723. The first-order valence-electron chi connectivity index (χ1n) is 7.75. The third-order valence-electron chi connectivity index (χ3n) is 4.16. The van der Waals surface area contributed by atoms with Gasteiger partial charge in [0.2, 0.25) is 0 Å². The SMILES string of the molecule is N#Cc1c(Cl)nsc1N(Cc1ccccc1)CC1(O)CCOCC1. The van der Waals surface area contributed by atoms with Crippen molar-refractivity contribution in [3.63, 3.8) is 0 Å². The molecule has 2 heterocycles. The fourth-order valence-corrected chi connectivity index (χ4v) is 3.87. The first kappa shape index (κ1) is 17.2. The molecule has 3 rings (SSSR count). The van der Waals surface area contributed by atoms with Crippen LogP contribution >= 0.6 is 23.1 Å². The van der Waals surface area contributed by atoms with Gasteiger partial charge in [-0.1, -0.05) is 41.9 Å². The van der Waals surface area contributed by atoms with Gasteiger partial charge in [0.25, 0.3) is 0 Å². The van der Waals surface area contributed by atoms with Crippen LogP contribution in [0, 0.1) is 11.3 Å². The minimum absolute atomic E-state index is 0.217. The average molecular weight is 364 g/mol. The van der Waals surface area contributed by atoms with Crippen LogP contribution in [-0.2, 0) is 11.3 Å². The number of hydrogen-bond acceptors (Lipinski definition) is 6. The average Bonchev–Trinajstić information content (AvgIpc) is 2.96. The van der Waals surface area contributed by atoms with Crippen molar-refractivity contribution in [1.82, 2.24) is 4.37 Å². The van der Waals surface area contributed by atoms with E-state index in [1.54, 1.807) is 0 Å². The first-order valence-corrected chi connectivity index (χ1v) is 8.91. The molecule has 0 unspecified atom stereocenters. The van der Waals surface area contributed by atoms with Gasteiger partial charge in [-0.15, -0.1) is 0 Å². The lowest BCUT2D eigenvalue weighted by atomic mass is 9.93. The number of rotatable bonds is 5. The highest BCUT2D eigenvalue weighted by Crippen LogP contribution is 2.34. The summed E-state index contributed by atoms with van der Waals surface area (Å²) in [6.45, 7) is 2.09. The topological polar surface area (TPSA) is 69.4 Å². The molecule has 1 aliphatic heterocycles. The molecule has 0 radical (unpaired) electrons. The Morgan fingerprint density at radius 2 is 2.04 bits per heavy atom. The van der Waals surface area contributed by atoms with Crippen LogP contribution in [0.1, 0.15) is 24.0 Å². The zero-order valence-corrected chi connectivity index (χ0v) is 14.7. The molecule has 1 fully saturated rings. The van der Waals surface area contributed by atoms with E-state index in [0.717, 1.165) is 5.56 Å². The Morgan fingerprint density at radius 1 is 1.33 bits per heavy atom.